The van der Waals surface area contributed by atoms with Gasteiger partial charge in [-0.1, -0.05) is 25.0 Å². The van der Waals surface area contributed by atoms with E-state index in [0.29, 0.717) is 6.54 Å². The minimum absolute atomic E-state index is 0.0549. The van der Waals surface area contributed by atoms with Crippen LogP contribution < -0.4 is 0 Å². The van der Waals surface area contributed by atoms with E-state index in [-0.39, 0.29) is 11.9 Å². The van der Waals surface area contributed by atoms with Gasteiger partial charge in [-0.05, 0) is 66.6 Å². The number of fused-ring (bicyclic) bond motifs is 1. The highest BCUT2D eigenvalue weighted by molar-refractivity contribution is 5.99. The highest BCUT2D eigenvalue weighted by Gasteiger charge is 2.37. The van der Waals surface area contributed by atoms with Gasteiger partial charge < -0.3 is 10.0 Å². The second kappa shape index (κ2) is 7.93. The number of hydrogen-bond donors (Lipinski definition) is 1. The topological polar surface area (TPSA) is 71.2 Å². The Morgan fingerprint density at radius 1 is 1.13 bits per heavy atom. The SMILES string of the molecule is Cc1cc2c(cc1Cc1ccc(-c3ccn(C)n3)nc1)C(=O)N(C1CCCCC1O)C2. The molecule has 2 aliphatic rings. The summed E-state index contributed by atoms with van der Waals surface area (Å²) in [6, 6.07) is 10.2. The lowest BCUT2D eigenvalue weighted by atomic mass is 9.91. The molecule has 0 spiro atoms. The predicted molar refractivity (Wildman–Crippen MR) is 119 cm³/mol. The number of aromatic nitrogens is 3. The number of rotatable bonds is 4. The fraction of sp³-hybridized carbons (Fsp3) is 0.400. The lowest BCUT2D eigenvalue weighted by Crippen LogP contribution is -2.45. The molecule has 2 atom stereocenters. The van der Waals surface area contributed by atoms with E-state index < -0.39 is 6.10 Å². The first-order chi connectivity index (χ1) is 15.0. The Hall–Kier alpha value is -2.99. The number of benzene rings is 1. The highest BCUT2D eigenvalue weighted by atomic mass is 16.3. The normalized spacial score (nSPS) is 20.9. The van der Waals surface area contributed by atoms with Gasteiger partial charge in [-0.25, -0.2) is 0 Å². The maximum atomic E-state index is 13.2. The molecule has 1 aromatic carbocycles. The average molecular weight is 417 g/mol. The van der Waals surface area contributed by atoms with Gasteiger partial charge in [-0.3, -0.25) is 14.5 Å². The Morgan fingerprint density at radius 3 is 2.68 bits per heavy atom. The summed E-state index contributed by atoms with van der Waals surface area (Å²) in [5.74, 6) is 0.0609. The third-order valence-corrected chi connectivity index (χ3v) is 6.68. The maximum Gasteiger partial charge on any atom is 0.254 e. The molecule has 1 aliphatic carbocycles. The van der Waals surface area contributed by atoms with Crippen molar-refractivity contribution in [2.24, 2.45) is 7.05 Å². The number of nitrogens with zero attached hydrogens (tertiary/aromatic N) is 4. The highest BCUT2D eigenvalue weighted by Crippen LogP contribution is 2.33. The van der Waals surface area contributed by atoms with Gasteiger partial charge in [0.15, 0.2) is 0 Å². The largest absolute Gasteiger partial charge is 0.391 e. The fourth-order valence-corrected chi connectivity index (χ4v) is 4.92. The van der Waals surface area contributed by atoms with E-state index >= 15 is 0 Å². The Bertz CT molecular complexity index is 1120. The molecule has 0 saturated heterocycles. The summed E-state index contributed by atoms with van der Waals surface area (Å²) in [7, 11) is 1.89. The first kappa shape index (κ1) is 19.9. The Labute approximate surface area is 182 Å². The zero-order valence-electron chi connectivity index (χ0n) is 18.1. The molecule has 1 saturated carbocycles. The minimum atomic E-state index is -0.406. The fourth-order valence-electron chi connectivity index (χ4n) is 4.92. The number of carbonyl (C=O) groups is 1. The van der Waals surface area contributed by atoms with Crippen molar-refractivity contribution in [3.63, 3.8) is 0 Å². The van der Waals surface area contributed by atoms with Crippen LogP contribution in [-0.2, 0) is 20.0 Å². The predicted octanol–water partition coefficient (Wildman–Crippen LogP) is 3.64. The summed E-state index contributed by atoms with van der Waals surface area (Å²) in [5, 5.41) is 14.8. The molecule has 1 fully saturated rings. The van der Waals surface area contributed by atoms with Crippen LogP contribution in [0, 0.1) is 6.92 Å². The number of amides is 1. The van der Waals surface area contributed by atoms with Crippen LogP contribution in [0.1, 0.15) is 58.3 Å². The molecule has 5 rings (SSSR count). The second-order valence-corrected chi connectivity index (χ2v) is 8.89. The molecular weight excluding hydrogens is 388 g/mol. The smallest absolute Gasteiger partial charge is 0.254 e. The molecule has 3 heterocycles. The summed E-state index contributed by atoms with van der Waals surface area (Å²) in [6.45, 7) is 2.71. The van der Waals surface area contributed by atoms with Gasteiger partial charge >= 0.3 is 0 Å². The van der Waals surface area contributed by atoms with Crippen LogP contribution >= 0.6 is 0 Å². The Kier molecular flexibility index (Phi) is 5.10. The zero-order chi connectivity index (χ0) is 21.5. The van der Waals surface area contributed by atoms with E-state index in [4.69, 9.17) is 0 Å². The molecule has 3 aromatic rings. The van der Waals surface area contributed by atoms with Crippen molar-refractivity contribution in [3.05, 3.63) is 70.5 Å². The van der Waals surface area contributed by atoms with Crippen molar-refractivity contribution in [1.29, 1.82) is 0 Å². The Balaban J connectivity index is 1.36. The molecule has 31 heavy (non-hydrogen) atoms. The van der Waals surface area contributed by atoms with Crippen LogP contribution in [0.2, 0.25) is 0 Å². The number of aliphatic hydroxyl groups excluding tert-OH is 1. The van der Waals surface area contributed by atoms with Crippen molar-refractivity contribution >= 4 is 5.91 Å². The van der Waals surface area contributed by atoms with Crippen LogP contribution in [0.15, 0.2) is 42.7 Å². The van der Waals surface area contributed by atoms with Crippen LogP contribution in [0.3, 0.4) is 0 Å². The zero-order valence-corrected chi connectivity index (χ0v) is 18.1. The number of hydrogen-bond acceptors (Lipinski definition) is 4. The van der Waals surface area contributed by atoms with Crippen molar-refractivity contribution in [2.75, 3.05) is 0 Å². The van der Waals surface area contributed by atoms with Crippen molar-refractivity contribution in [3.8, 4) is 11.4 Å². The molecule has 6 heteroatoms. The quantitative estimate of drug-likeness (QED) is 0.705. The van der Waals surface area contributed by atoms with Crippen molar-refractivity contribution in [1.82, 2.24) is 19.7 Å². The first-order valence-electron chi connectivity index (χ1n) is 11.1. The number of pyridine rings is 1. The first-order valence-corrected chi connectivity index (χ1v) is 11.1. The summed E-state index contributed by atoms with van der Waals surface area (Å²) < 4.78 is 1.77. The summed E-state index contributed by atoms with van der Waals surface area (Å²) in [6.07, 6.45) is 7.92. The van der Waals surface area contributed by atoms with Gasteiger partial charge in [0.1, 0.15) is 5.69 Å². The lowest BCUT2D eigenvalue weighted by molar-refractivity contribution is 0.0191. The van der Waals surface area contributed by atoms with Crippen molar-refractivity contribution in [2.45, 2.75) is 57.7 Å². The van der Waals surface area contributed by atoms with E-state index in [0.717, 1.165) is 65.7 Å². The average Bonchev–Trinajstić information content (AvgIpc) is 3.33. The van der Waals surface area contributed by atoms with E-state index in [2.05, 4.69) is 35.2 Å². The van der Waals surface area contributed by atoms with Crippen molar-refractivity contribution < 1.29 is 9.90 Å². The third kappa shape index (κ3) is 3.76. The number of aliphatic hydroxyl groups is 1. The molecule has 1 amide bonds. The molecule has 160 valence electrons. The Morgan fingerprint density at radius 2 is 1.97 bits per heavy atom. The molecule has 0 bridgehead atoms. The van der Waals surface area contributed by atoms with Gasteiger partial charge in [-0.15, -0.1) is 0 Å². The summed E-state index contributed by atoms with van der Waals surface area (Å²) in [5.41, 5.74) is 7.01. The van der Waals surface area contributed by atoms with E-state index in [9.17, 15) is 9.90 Å². The lowest BCUT2D eigenvalue weighted by Gasteiger charge is -2.35. The van der Waals surface area contributed by atoms with Crippen LogP contribution in [0.25, 0.3) is 11.4 Å². The standard InChI is InChI=1S/C25H28N4O2/c1-16-11-19-15-29(23-5-3-4-6-24(23)30)25(31)20(19)13-18(16)12-17-7-8-21(26-14-17)22-9-10-28(2)27-22/h7-11,13-14,23-24,30H,3-6,12,15H2,1-2H3. The van der Waals surface area contributed by atoms with Gasteiger partial charge in [0, 0.05) is 31.5 Å². The molecule has 1 aliphatic heterocycles. The molecular formula is C25H28N4O2. The van der Waals surface area contributed by atoms with Crippen LogP contribution in [-0.4, -0.2) is 42.8 Å². The summed E-state index contributed by atoms with van der Waals surface area (Å²) >= 11 is 0. The summed E-state index contributed by atoms with van der Waals surface area (Å²) in [4.78, 5) is 19.6. The molecule has 2 unspecified atom stereocenters. The third-order valence-electron chi connectivity index (χ3n) is 6.68. The van der Waals surface area contributed by atoms with Gasteiger partial charge in [-0.2, -0.15) is 5.10 Å². The van der Waals surface area contributed by atoms with E-state index in [1.165, 1.54) is 5.56 Å². The van der Waals surface area contributed by atoms with E-state index in [1.807, 2.05) is 36.5 Å². The van der Waals surface area contributed by atoms with Crippen LogP contribution in [0.4, 0.5) is 0 Å². The van der Waals surface area contributed by atoms with Gasteiger partial charge in [0.2, 0.25) is 0 Å². The van der Waals surface area contributed by atoms with Crippen LogP contribution in [0.5, 0.6) is 0 Å². The van der Waals surface area contributed by atoms with Gasteiger partial charge in [0.25, 0.3) is 5.91 Å². The van der Waals surface area contributed by atoms with E-state index in [1.54, 1.807) is 4.68 Å². The molecule has 1 N–H and O–H groups in total. The minimum Gasteiger partial charge on any atom is -0.391 e. The monoisotopic (exact) mass is 416 g/mol. The number of carbonyl (C=O) groups excluding carboxylic acids is 1. The maximum absolute atomic E-state index is 13.2. The molecule has 2 aromatic heterocycles. The van der Waals surface area contributed by atoms with Gasteiger partial charge in [0.05, 0.1) is 17.8 Å². The number of aryl methyl sites for hydroxylation is 2. The molecule has 6 nitrogen and oxygen atoms in total. The molecule has 0 radical (unpaired) electrons. The second-order valence-electron chi connectivity index (χ2n) is 8.89.